The molecule has 0 radical (unpaired) electrons. The first kappa shape index (κ1) is 9.82. The molecule has 0 fully saturated rings. The van der Waals surface area contributed by atoms with Gasteiger partial charge in [-0.05, 0) is 12.1 Å². The zero-order chi connectivity index (χ0) is 9.90. The maximum Gasteiger partial charge on any atom is 0.262 e. The highest BCUT2D eigenvalue weighted by Gasteiger charge is 1.99. The minimum atomic E-state index is -4.71. The Bertz CT molecular complexity index is 384. The van der Waals surface area contributed by atoms with Crippen LogP contribution in [0, 0.1) is 0 Å². The average molecular weight is 203 g/mol. The van der Waals surface area contributed by atoms with Crippen molar-refractivity contribution < 1.29 is 21.9 Å². The summed E-state index contributed by atoms with van der Waals surface area (Å²) in [5.74, 6) is 0.357. The van der Waals surface area contributed by atoms with E-state index in [1.165, 1.54) is 25.3 Å². The van der Waals surface area contributed by atoms with E-state index in [1.807, 2.05) is 0 Å². The molecule has 72 valence electrons. The van der Waals surface area contributed by atoms with Crippen LogP contribution in [0.3, 0.4) is 0 Å². The number of hydrogen-bond acceptors (Lipinski definition) is 5. The summed E-state index contributed by atoms with van der Waals surface area (Å²) < 4.78 is 39.4. The first-order valence-electron chi connectivity index (χ1n) is 3.30. The second-order valence-corrected chi connectivity index (χ2v) is 3.15. The topological polar surface area (TPSA) is 75.7 Å². The van der Waals surface area contributed by atoms with E-state index >= 15 is 0 Å². The lowest BCUT2D eigenvalue weighted by atomic mass is 10.3. The van der Waals surface area contributed by atoms with Crippen molar-refractivity contribution in [1.29, 1.82) is 0 Å². The standard InChI is InChI=1S/C7H8O5S/c1-11-6-3-2-4-7(5-6)12-13(8,9)10/h2-5H,1H3,(H,8,9,10)/p-1. The molecule has 1 aromatic carbocycles. The van der Waals surface area contributed by atoms with Gasteiger partial charge < -0.3 is 13.5 Å². The summed E-state index contributed by atoms with van der Waals surface area (Å²) in [5, 5.41) is 0. The Hall–Kier alpha value is -1.27. The number of methoxy groups -OCH3 is 1. The van der Waals surface area contributed by atoms with Crippen LogP contribution in [0.15, 0.2) is 24.3 Å². The average Bonchev–Trinajstić information content (AvgIpc) is 2.01. The van der Waals surface area contributed by atoms with E-state index in [4.69, 9.17) is 4.74 Å². The van der Waals surface area contributed by atoms with Crippen LogP contribution >= 0.6 is 0 Å². The van der Waals surface area contributed by atoms with Crippen molar-refractivity contribution in [2.24, 2.45) is 0 Å². The van der Waals surface area contributed by atoms with Crippen LogP contribution in [0.25, 0.3) is 0 Å². The van der Waals surface area contributed by atoms with Crippen molar-refractivity contribution >= 4 is 10.4 Å². The van der Waals surface area contributed by atoms with E-state index in [9.17, 15) is 13.0 Å². The van der Waals surface area contributed by atoms with Gasteiger partial charge in [-0.3, -0.25) is 0 Å². The number of hydrogen-bond donors (Lipinski definition) is 0. The molecule has 0 amide bonds. The van der Waals surface area contributed by atoms with E-state index in [0.717, 1.165) is 0 Å². The van der Waals surface area contributed by atoms with Gasteiger partial charge in [0, 0.05) is 6.07 Å². The molecular formula is C7H7O5S-. The van der Waals surface area contributed by atoms with Crippen LogP contribution < -0.4 is 8.92 Å². The quantitative estimate of drug-likeness (QED) is 0.529. The fraction of sp³-hybridized carbons (Fsp3) is 0.143. The largest absolute Gasteiger partial charge is 0.716 e. The molecule has 13 heavy (non-hydrogen) atoms. The lowest BCUT2D eigenvalue weighted by Gasteiger charge is -2.09. The Kier molecular flexibility index (Phi) is 2.74. The van der Waals surface area contributed by atoms with Gasteiger partial charge in [0.05, 0.1) is 7.11 Å². The van der Waals surface area contributed by atoms with Gasteiger partial charge in [0.2, 0.25) is 0 Å². The monoisotopic (exact) mass is 203 g/mol. The van der Waals surface area contributed by atoms with Crippen molar-refractivity contribution in [3.8, 4) is 11.5 Å². The van der Waals surface area contributed by atoms with E-state index in [0.29, 0.717) is 5.75 Å². The van der Waals surface area contributed by atoms with Crippen LogP contribution in [-0.2, 0) is 10.4 Å². The van der Waals surface area contributed by atoms with Crippen LogP contribution in [0.2, 0.25) is 0 Å². The number of ether oxygens (including phenoxy) is 1. The van der Waals surface area contributed by atoms with Gasteiger partial charge in [-0.1, -0.05) is 6.07 Å². The molecule has 0 aliphatic carbocycles. The molecule has 0 heterocycles. The Morgan fingerprint density at radius 2 is 1.92 bits per heavy atom. The fourth-order valence-electron chi connectivity index (χ4n) is 0.771. The SMILES string of the molecule is COc1cccc(OS(=O)(=O)[O-])c1. The summed E-state index contributed by atoms with van der Waals surface area (Å²) in [4.78, 5) is 0. The zero-order valence-corrected chi connectivity index (χ0v) is 7.58. The van der Waals surface area contributed by atoms with Crippen molar-refractivity contribution in [3.05, 3.63) is 24.3 Å². The molecule has 0 aromatic heterocycles. The van der Waals surface area contributed by atoms with Crippen LogP contribution in [-0.4, -0.2) is 20.1 Å². The Labute approximate surface area is 75.9 Å². The van der Waals surface area contributed by atoms with Crippen LogP contribution in [0.4, 0.5) is 0 Å². The summed E-state index contributed by atoms with van der Waals surface area (Å²) in [7, 11) is -3.29. The van der Waals surface area contributed by atoms with Gasteiger partial charge in [-0.25, -0.2) is 8.42 Å². The first-order valence-corrected chi connectivity index (χ1v) is 4.64. The molecule has 0 bridgehead atoms. The summed E-state index contributed by atoms with van der Waals surface area (Å²) in [5.41, 5.74) is 0. The smallest absolute Gasteiger partial charge is 0.262 e. The molecule has 0 aliphatic rings. The Balaban J connectivity index is 2.90. The van der Waals surface area contributed by atoms with Gasteiger partial charge in [0.15, 0.2) is 0 Å². The molecule has 5 nitrogen and oxygen atoms in total. The maximum absolute atomic E-state index is 10.2. The first-order chi connectivity index (χ1) is 6.01. The highest BCUT2D eigenvalue weighted by molar-refractivity contribution is 7.81. The van der Waals surface area contributed by atoms with Crippen molar-refractivity contribution in [2.45, 2.75) is 0 Å². The summed E-state index contributed by atoms with van der Waals surface area (Å²) in [6.45, 7) is 0. The number of rotatable bonds is 3. The maximum atomic E-state index is 10.2. The van der Waals surface area contributed by atoms with E-state index in [1.54, 1.807) is 6.07 Å². The molecule has 1 rings (SSSR count). The summed E-state index contributed by atoms with van der Waals surface area (Å²) in [6.07, 6.45) is 0. The minimum absolute atomic E-state index is 0.0608. The highest BCUT2D eigenvalue weighted by atomic mass is 32.3. The Morgan fingerprint density at radius 1 is 1.31 bits per heavy atom. The van der Waals surface area contributed by atoms with Crippen LogP contribution in [0.1, 0.15) is 0 Å². The third-order valence-corrected chi connectivity index (χ3v) is 1.64. The predicted octanol–water partition coefficient (Wildman–Crippen LogP) is 0.534. The minimum Gasteiger partial charge on any atom is -0.716 e. The normalized spacial score (nSPS) is 10.9. The molecule has 0 unspecified atom stereocenters. The number of benzene rings is 1. The third kappa shape index (κ3) is 3.30. The van der Waals surface area contributed by atoms with E-state index < -0.39 is 10.4 Å². The zero-order valence-electron chi connectivity index (χ0n) is 6.76. The van der Waals surface area contributed by atoms with E-state index in [2.05, 4.69) is 4.18 Å². The molecule has 0 aliphatic heterocycles. The summed E-state index contributed by atoms with van der Waals surface area (Å²) in [6, 6.07) is 5.76. The lowest BCUT2D eigenvalue weighted by Crippen LogP contribution is -2.06. The second-order valence-electron chi connectivity index (χ2n) is 2.17. The summed E-state index contributed by atoms with van der Waals surface area (Å²) >= 11 is 0. The van der Waals surface area contributed by atoms with Crippen molar-refractivity contribution in [3.63, 3.8) is 0 Å². The van der Waals surface area contributed by atoms with E-state index in [-0.39, 0.29) is 5.75 Å². The van der Waals surface area contributed by atoms with Crippen molar-refractivity contribution in [1.82, 2.24) is 0 Å². The third-order valence-electron chi connectivity index (χ3n) is 1.24. The molecule has 0 saturated heterocycles. The van der Waals surface area contributed by atoms with Gasteiger partial charge in [-0.15, -0.1) is 0 Å². The van der Waals surface area contributed by atoms with Crippen LogP contribution in [0.5, 0.6) is 11.5 Å². The molecule has 0 N–H and O–H groups in total. The predicted molar refractivity (Wildman–Crippen MR) is 43.3 cm³/mol. The van der Waals surface area contributed by atoms with Crippen molar-refractivity contribution in [2.75, 3.05) is 7.11 Å². The molecule has 1 aromatic rings. The molecule has 0 spiro atoms. The Morgan fingerprint density at radius 3 is 2.46 bits per heavy atom. The lowest BCUT2D eigenvalue weighted by molar-refractivity contribution is 0.370. The highest BCUT2D eigenvalue weighted by Crippen LogP contribution is 2.19. The molecule has 0 atom stereocenters. The van der Waals surface area contributed by atoms with Gasteiger partial charge in [0.1, 0.15) is 11.5 Å². The molecular weight excluding hydrogens is 196 g/mol. The fourth-order valence-corrected chi connectivity index (χ4v) is 1.11. The van der Waals surface area contributed by atoms with Gasteiger partial charge in [0.25, 0.3) is 10.4 Å². The van der Waals surface area contributed by atoms with Gasteiger partial charge >= 0.3 is 0 Å². The van der Waals surface area contributed by atoms with Gasteiger partial charge in [-0.2, -0.15) is 0 Å². The molecule has 6 heteroatoms. The molecule has 0 saturated carbocycles. The second kappa shape index (κ2) is 3.63.